The summed E-state index contributed by atoms with van der Waals surface area (Å²) in [5.74, 6) is 0.940. The lowest BCUT2D eigenvalue weighted by Crippen LogP contribution is -2.18. The number of anilines is 1. The van der Waals surface area contributed by atoms with Crippen molar-refractivity contribution in [1.82, 2.24) is 10.2 Å². The summed E-state index contributed by atoms with van der Waals surface area (Å²) in [5, 5.41) is 16.3. The topological polar surface area (TPSA) is 54.5 Å². The predicted octanol–water partition coefficient (Wildman–Crippen LogP) is 9.58. The molecule has 0 N–H and O–H groups in total. The lowest BCUT2D eigenvalue weighted by Gasteiger charge is -2.24. The van der Waals surface area contributed by atoms with Crippen LogP contribution in [0.1, 0.15) is 34.7 Å². The van der Waals surface area contributed by atoms with Crippen LogP contribution in [0, 0.1) is 0 Å². The minimum atomic E-state index is 0.150. The number of rotatable bonds is 7. The fraction of sp³-hybridized carbons (Fsp3) is 0.0541. The smallest absolute Gasteiger partial charge is 0.248 e. The highest BCUT2D eigenvalue weighted by Crippen LogP contribution is 2.37. The van der Waals surface area contributed by atoms with Gasteiger partial charge in [-0.3, -0.25) is 5.01 Å². The summed E-state index contributed by atoms with van der Waals surface area (Å²) in [4.78, 5) is 0. The Bertz CT molecular complexity index is 1880. The molecule has 6 heteroatoms. The maximum atomic E-state index is 5.99. The van der Waals surface area contributed by atoms with Gasteiger partial charge in [-0.05, 0) is 70.8 Å². The number of aromatic nitrogens is 2. The Labute approximate surface area is 255 Å². The van der Waals surface area contributed by atoms with Crippen LogP contribution in [-0.2, 0) is 0 Å². The van der Waals surface area contributed by atoms with Crippen molar-refractivity contribution in [3.8, 4) is 22.9 Å². The quantitative estimate of drug-likeness (QED) is 0.177. The second kappa shape index (κ2) is 11.9. The Kier molecular flexibility index (Phi) is 7.38. The molecular formula is C37H27ClN4O. The van der Waals surface area contributed by atoms with Gasteiger partial charge >= 0.3 is 0 Å². The van der Waals surface area contributed by atoms with Crippen LogP contribution >= 0.6 is 11.6 Å². The first-order valence-electron chi connectivity index (χ1n) is 14.1. The molecule has 2 heterocycles. The Hall–Kier alpha value is -5.26. The van der Waals surface area contributed by atoms with Crippen LogP contribution in [0.15, 0.2) is 143 Å². The first kappa shape index (κ1) is 26.6. The van der Waals surface area contributed by atoms with E-state index in [0.717, 1.165) is 45.6 Å². The van der Waals surface area contributed by atoms with Crippen LogP contribution in [0.25, 0.3) is 35.1 Å². The highest BCUT2D eigenvalue weighted by atomic mass is 35.5. The van der Waals surface area contributed by atoms with Gasteiger partial charge in [0.05, 0.1) is 17.4 Å². The Balaban J connectivity index is 1.06. The Morgan fingerprint density at radius 1 is 0.605 bits per heavy atom. The minimum absolute atomic E-state index is 0.150. The van der Waals surface area contributed by atoms with Gasteiger partial charge in [0, 0.05) is 22.6 Å². The van der Waals surface area contributed by atoms with E-state index in [2.05, 4.69) is 106 Å². The zero-order valence-corrected chi connectivity index (χ0v) is 24.0. The van der Waals surface area contributed by atoms with Crippen LogP contribution in [0.5, 0.6) is 0 Å². The van der Waals surface area contributed by atoms with E-state index in [1.807, 2.05) is 42.5 Å². The maximum Gasteiger partial charge on any atom is 0.248 e. The molecule has 1 aliphatic heterocycles. The van der Waals surface area contributed by atoms with Crippen molar-refractivity contribution in [2.24, 2.45) is 5.10 Å². The summed E-state index contributed by atoms with van der Waals surface area (Å²) in [6.45, 7) is 0. The summed E-state index contributed by atoms with van der Waals surface area (Å²) in [7, 11) is 0. The summed E-state index contributed by atoms with van der Waals surface area (Å²) in [5.41, 5.74) is 8.47. The molecule has 7 rings (SSSR count). The third-order valence-corrected chi connectivity index (χ3v) is 7.75. The number of benzene rings is 5. The lowest BCUT2D eigenvalue weighted by molar-refractivity contribution is 0.584. The van der Waals surface area contributed by atoms with E-state index in [1.165, 1.54) is 5.56 Å². The fourth-order valence-corrected chi connectivity index (χ4v) is 5.33. The van der Waals surface area contributed by atoms with Gasteiger partial charge in [-0.2, -0.15) is 5.10 Å². The highest BCUT2D eigenvalue weighted by Gasteiger charge is 2.29. The van der Waals surface area contributed by atoms with Crippen LogP contribution in [0.3, 0.4) is 0 Å². The zero-order chi connectivity index (χ0) is 29.0. The molecule has 0 aliphatic carbocycles. The SMILES string of the molecule is Clc1ccc(-c2nnc(-c3ccc(/C=C/c4ccc(N5N=C(c6ccccc6)C[C@H]5c5ccccc5)cc4)cc3)o2)cc1. The van der Waals surface area contributed by atoms with Crippen molar-refractivity contribution < 1.29 is 4.42 Å². The van der Waals surface area contributed by atoms with Gasteiger partial charge in [0.1, 0.15) is 0 Å². The highest BCUT2D eigenvalue weighted by molar-refractivity contribution is 6.30. The molecule has 208 valence electrons. The zero-order valence-electron chi connectivity index (χ0n) is 23.2. The maximum absolute atomic E-state index is 5.99. The number of hydrazone groups is 1. The van der Waals surface area contributed by atoms with E-state index < -0.39 is 0 Å². The fourth-order valence-electron chi connectivity index (χ4n) is 5.20. The first-order valence-corrected chi connectivity index (χ1v) is 14.5. The Morgan fingerprint density at radius 2 is 1.14 bits per heavy atom. The average Bonchev–Trinajstić information content (AvgIpc) is 3.75. The molecule has 5 aromatic carbocycles. The van der Waals surface area contributed by atoms with E-state index >= 15 is 0 Å². The van der Waals surface area contributed by atoms with Crippen molar-refractivity contribution in [1.29, 1.82) is 0 Å². The van der Waals surface area contributed by atoms with Crippen molar-refractivity contribution in [2.45, 2.75) is 12.5 Å². The Morgan fingerprint density at radius 3 is 1.74 bits per heavy atom. The van der Waals surface area contributed by atoms with Crippen LogP contribution in [0.2, 0.25) is 5.02 Å². The molecule has 0 saturated carbocycles. The largest absolute Gasteiger partial charge is 0.416 e. The molecule has 0 fully saturated rings. The van der Waals surface area contributed by atoms with Gasteiger partial charge in [0.2, 0.25) is 11.8 Å². The van der Waals surface area contributed by atoms with E-state index in [1.54, 1.807) is 12.1 Å². The number of nitrogens with zero attached hydrogens (tertiary/aromatic N) is 4. The van der Waals surface area contributed by atoms with E-state index in [4.69, 9.17) is 21.1 Å². The first-order chi connectivity index (χ1) is 21.2. The van der Waals surface area contributed by atoms with Gasteiger partial charge in [-0.1, -0.05) is 109 Å². The summed E-state index contributed by atoms with van der Waals surface area (Å²) in [6, 6.07) is 45.1. The van der Waals surface area contributed by atoms with Gasteiger partial charge in [0.15, 0.2) is 0 Å². The van der Waals surface area contributed by atoms with Crippen LogP contribution in [0.4, 0.5) is 5.69 Å². The molecule has 43 heavy (non-hydrogen) atoms. The molecule has 0 unspecified atom stereocenters. The molecule has 1 aromatic heterocycles. The monoisotopic (exact) mass is 578 g/mol. The number of halogens is 1. The summed E-state index contributed by atoms with van der Waals surface area (Å²) < 4.78 is 5.89. The standard InChI is InChI=1S/C37H27ClN4O/c38-32-21-19-31(20-22-32)37-40-39-36(43-37)30-17-13-26(14-18-30)11-12-27-15-23-33(24-16-27)42-35(29-9-5-2-6-10-29)25-34(41-42)28-7-3-1-4-8-28/h1-24,35H,25H2/b12-11+/t35-/m0/s1. The summed E-state index contributed by atoms with van der Waals surface area (Å²) in [6.07, 6.45) is 5.07. The third kappa shape index (κ3) is 5.89. The average molecular weight is 579 g/mol. The molecular weight excluding hydrogens is 552 g/mol. The molecule has 0 bridgehead atoms. The van der Waals surface area contributed by atoms with Crippen molar-refractivity contribution in [3.63, 3.8) is 0 Å². The lowest BCUT2D eigenvalue weighted by atomic mass is 9.98. The number of hydrogen-bond donors (Lipinski definition) is 0. The second-order valence-electron chi connectivity index (χ2n) is 10.4. The molecule has 0 radical (unpaired) electrons. The van der Waals surface area contributed by atoms with Gasteiger partial charge < -0.3 is 4.42 Å². The van der Waals surface area contributed by atoms with Crippen LogP contribution in [-0.4, -0.2) is 15.9 Å². The van der Waals surface area contributed by atoms with Crippen molar-refractivity contribution >= 4 is 35.2 Å². The number of hydrogen-bond acceptors (Lipinski definition) is 5. The van der Waals surface area contributed by atoms with E-state index in [9.17, 15) is 0 Å². The van der Waals surface area contributed by atoms with Crippen molar-refractivity contribution in [2.75, 3.05) is 5.01 Å². The second-order valence-corrected chi connectivity index (χ2v) is 10.8. The molecule has 1 atom stereocenters. The molecule has 5 nitrogen and oxygen atoms in total. The van der Waals surface area contributed by atoms with Gasteiger partial charge in [-0.15, -0.1) is 10.2 Å². The summed E-state index contributed by atoms with van der Waals surface area (Å²) >= 11 is 5.99. The van der Waals surface area contributed by atoms with E-state index in [-0.39, 0.29) is 6.04 Å². The third-order valence-electron chi connectivity index (χ3n) is 7.50. The molecule has 6 aromatic rings. The molecule has 1 aliphatic rings. The van der Waals surface area contributed by atoms with Gasteiger partial charge in [-0.25, -0.2) is 0 Å². The van der Waals surface area contributed by atoms with Crippen LogP contribution < -0.4 is 5.01 Å². The van der Waals surface area contributed by atoms with E-state index in [0.29, 0.717) is 16.8 Å². The normalized spacial score (nSPS) is 14.8. The minimum Gasteiger partial charge on any atom is -0.416 e. The molecule has 0 saturated heterocycles. The van der Waals surface area contributed by atoms with Crippen molar-refractivity contribution in [3.05, 3.63) is 161 Å². The molecule has 0 amide bonds. The van der Waals surface area contributed by atoms with Gasteiger partial charge in [0.25, 0.3) is 0 Å². The predicted molar refractivity (Wildman–Crippen MR) is 175 cm³/mol. The molecule has 0 spiro atoms.